The van der Waals surface area contributed by atoms with Gasteiger partial charge in [0.2, 0.25) is 0 Å². The molecule has 1 aromatic rings. The highest BCUT2D eigenvalue weighted by Gasteiger charge is 2.38. The molecule has 1 atom stereocenters. The fourth-order valence-corrected chi connectivity index (χ4v) is 3.22. The number of allylic oxidation sites excluding steroid dienone is 3. The number of carboxylic acids is 2. The molecule has 4 rings (SSSR count). The van der Waals surface area contributed by atoms with Crippen LogP contribution in [0.3, 0.4) is 0 Å². The molecule has 0 saturated carbocycles. The highest BCUT2D eigenvalue weighted by atomic mass is 19.4. The van der Waals surface area contributed by atoms with Crippen molar-refractivity contribution >= 4 is 35.5 Å². The molecule has 9 heteroatoms. The van der Waals surface area contributed by atoms with Gasteiger partial charge in [-0.3, -0.25) is 4.79 Å². The zero-order chi connectivity index (χ0) is 20.5. The molecule has 0 saturated heterocycles. The van der Waals surface area contributed by atoms with Crippen LogP contribution in [0.25, 0.3) is 17.8 Å². The number of benzene rings is 1. The van der Waals surface area contributed by atoms with Crippen LogP contribution in [0.15, 0.2) is 29.9 Å². The van der Waals surface area contributed by atoms with Gasteiger partial charge in [0, 0.05) is 30.0 Å². The maximum absolute atomic E-state index is 11.2. The van der Waals surface area contributed by atoms with E-state index in [4.69, 9.17) is 9.90 Å². The van der Waals surface area contributed by atoms with Crippen LogP contribution < -0.4 is 21.1 Å². The first-order valence-corrected chi connectivity index (χ1v) is 8.43. The van der Waals surface area contributed by atoms with Crippen LogP contribution in [0.4, 0.5) is 18.9 Å². The van der Waals surface area contributed by atoms with Crippen molar-refractivity contribution in [1.82, 2.24) is 5.32 Å². The average molecular weight is 394 g/mol. The number of fused-ring (bicyclic) bond motifs is 3. The molecule has 0 bridgehead atoms. The number of nitrogens with one attached hydrogen (secondary N) is 2. The third kappa shape index (κ3) is 4.03. The standard InChI is InChI=1S/C17H16N2O2.C2HF3O2/c20-17(21)13-6-12-3-1-2-10-8-15-11(4-5-18-15)7-14(10)16(12)19-9-13;3-2(4,5)1(6)7/h1-4,7-8,13,18-19H,5-6,9H2,(H,20,21);(H,6,7). The Hall–Kier alpha value is -3.23. The molecule has 1 aliphatic carbocycles. The van der Waals surface area contributed by atoms with E-state index in [1.165, 1.54) is 16.1 Å². The number of hydrogen-bond donors (Lipinski definition) is 4. The van der Waals surface area contributed by atoms with Crippen LogP contribution in [0.1, 0.15) is 12.0 Å². The Bertz CT molecular complexity index is 1010. The fraction of sp³-hybridized carbons (Fsp3) is 0.263. The molecule has 6 nitrogen and oxygen atoms in total. The molecule has 1 unspecified atom stereocenters. The van der Waals surface area contributed by atoms with E-state index in [9.17, 15) is 23.1 Å². The summed E-state index contributed by atoms with van der Waals surface area (Å²) in [6.07, 6.45) is 3.81. The predicted octanol–water partition coefficient (Wildman–Crippen LogP) is 1.28. The van der Waals surface area contributed by atoms with E-state index in [0.717, 1.165) is 23.4 Å². The van der Waals surface area contributed by atoms with Gasteiger partial charge in [0.1, 0.15) is 0 Å². The molecule has 28 heavy (non-hydrogen) atoms. The van der Waals surface area contributed by atoms with E-state index in [2.05, 4.69) is 34.9 Å². The Morgan fingerprint density at radius 3 is 2.46 bits per heavy atom. The fourth-order valence-electron chi connectivity index (χ4n) is 3.22. The maximum atomic E-state index is 11.2. The van der Waals surface area contributed by atoms with E-state index in [0.29, 0.717) is 13.0 Å². The lowest BCUT2D eigenvalue weighted by atomic mass is 9.91. The smallest absolute Gasteiger partial charge is 0.481 e. The van der Waals surface area contributed by atoms with Gasteiger partial charge in [-0.15, -0.1) is 0 Å². The molecule has 2 heterocycles. The van der Waals surface area contributed by atoms with Gasteiger partial charge in [-0.1, -0.05) is 24.3 Å². The predicted molar refractivity (Wildman–Crippen MR) is 96.6 cm³/mol. The van der Waals surface area contributed by atoms with Crippen LogP contribution in [-0.2, 0) is 9.59 Å². The second-order valence-corrected chi connectivity index (χ2v) is 6.46. The molecule has 0 radical (unpaired) electrons. The molecular weight excluding hydrogens is 377 g/mol. The van der Waals surface area contributed by atoms with Gasteiger partial charge in [-0.05, 0) is 34.6 Å². The summed E-state index contributed by atoms with van der Waals surface area (Å²) in [6, 6.07) is 4.36. The lowest BCUT2D eigenvalue weighted by molar-refractivity contribution is -0.192. The zero-order valence-electron chi connectivity index (χ0n) is 14.5. The van der Waals surface area contributed by atoms with Crippen molar-refractivity contribution in [2.75, 3.05) is 18.4 Å². The number of carbonyl (C=O) groups is 2. The minimum atomic E-state index is -5.08. The largest absolute Gasteiger partial charge is 0.490 e. The van der Waals surface area contributed by atoms with Crippen LogP contribution in [0.2, 0.25) is 0 Å². The molecule has 4 N–H and O–H groups in total. The van der Waals surface area contributed by atoms with Crippen molar-refractivity contribution in [2.24, 2.45) is 5.92 Å². The van der Waals surface area contributed by atoms with Crippen molar-refractivity contribution in [3.05, 3.63) is 45.9 Å². The molecular formula is C19H17F3N2O4. The molecule has 0 spiro atoms. The minimum absolute atomic E-state index is 0.349. The Morgan fingerprint density at radius 2 is 1.82 bits per heavy atom. The van der Waals surface area contributed by atoms with Gasteiger partial charge in [-0.25, -0.2) is 4.79 Å². The van der Waals surface area contributed by atoms with E-state index in [1.807, 2.05) is 12.2 Å². The van der Waals surface area contributed by atoms with Crippen molar-refractivity contribution in [2.45, 2.75) is 12.6 Å². The van der Waals surface area contributed by atoms with Crippen molar-refractivity contribution < 1.29 is 33.0 Å². The van der Waals surface area contributed by atoms with Gasteiger partial charge in [0.25, 0.3) is 0 Å². The second-order valence-electron chi connectivity index (χ2n) is 6.46. The number of alkyl halides is 3. The van der Waals surface area contributed by atoms with Crippen LogP contribution >= 0.6 is 0 Å². The Kier molecular flexibility index (Phi) is 5.17. The summed E-state index contributed by atoms with van der Waals surface area (Å²) in [5, 5.41) is 25.4. The number of anilines is 1. The quantitative estimate of drug-likeness (QED) is 0.573. The summed E-state index contributed by atoms with van der Waals surface area (Å²) >= 11 is 0. The molecule has 2 aliphatic heterocycles. The van der Waals surface area contributed by atoms with E-state index in [1.54, 1.807) is 0 Å². The number of rotatable bonds is 1. The Labute approximate surface area is 157 Å². The van der Waals surface area contributed by atoms with Crippen molar-refractivity contribution in [3.8, 4) is 0 Å². The molecule has 0 aromatic heterocycles. The number of hydrogen-bond acceptors (Lipinski definition) is 4. The SMILES string of the molecule is O=C(O)C(F)(F)F.O=C(O)C1CNC2=C(C=CC=c3cc4c(cc32)=CCN4)C1. The Morgan fingerprint density at radius 1 is 1.11 bits per heavy atom. The first-order valence-electron chi connectivity index (χ1n) is 8.43. The summed E-state index contributed by atoms with van der Waals surface area (Å²) in [7, 11) is 0. The van der Waals surface area contributed by atoms with E-state index >= 15 is 0 Å². The van der Waals surface area contributed by atoms with Gasteiger partial charge in [0.15, 0.2) is 0 Å². The number of carboxylic acid groups (broad SMARTS) is 2. The lowest BCUT2D eigenvalue weighted by Crippen LogP contribution is -2.34. The summed E-state index contributed by atoms with van der Waals surface area (Å²) < 4.78 is 31.7. The molecule has 1 aromatic carbocycles. The number of aliphatic carboxylic acids is 2. The zero-order valence-corrected chi connectivity index (χ0v) is 14.5. The number of halogens is 3. The van der Waals surface area contributed by atoms with Crippen LogP contribution in [0, 0.1) is 5.92 Å². The average Bonchev–Trinajstić information content (AvgIpc) is 3.00. The molecule has 0 fully saturated rings. The Balaban J connectivity index is 0.000000279. The van der Waals surface area contributed by atoms with Crippen LogP contribution in [0.5, 0.6) is 0 Å². The maximum Gasteiger partial charge on any atom is 0.490 e. The van der Waals surface area contributed by atoms with Gasteiger partial charge in [0.05, 0.1) is 5.92 Å². The first-order chi connectivity index (χ1) is 13.2. The van der Waals surface area contributed by atoms with Crippen molar-refractivity contribution in [1.29, 1.82) is 0 Å². The lowest BCUT2D eigenvalue weighted by Gasteiger charge is -2.25. The summed E-state index contributed by atoms with van der Waals surface area (Å²) in [5.41, 5.74) is 4.49. The molecule has 0 amide bonds. The van der Waals surface area contributed by atoms with Gasteiger partial charge in [-0.2, -0.15) is 13.2 Å². The van der Waals surface area contributed by atoms with Crippen molar-refractivity contribution in [3.63, 3.8) is 0 Å². The highest BCUT2D eigenvalue weighted by Crippen LogP contribution is 2.27. The second kappa shape index (κ2) is 7.41. The molecule has 3 aliphatic rings. The summed E-state index contributed by atoms with van der Waals surface area (Å²) in [6.45, 7) is 1.36. The normalized spacial score (nSPS) is 19.2. The van der Waals surface area contributed by atoms with Gasteiger partial charge >= 0.3 is 18.1 Å². The van der Waals surface area contributed by atoms with Gasteiger partial charge < -0.3 is 20.8 Å². The minimum Gasteiger partial charge on any atom is -0.481 e. The third-order valence-electron chi connectivity index (χ3n) is 4.58. The first kappa shape index (κ1) is 19.5. The summed E-state index contributed by atoms with van der Waals surface area (Å²) in [4.78, 5) is 20.1. The van der Waals surface area contributed by atoms with E-state index < -0.39 is 18.1 Å². The summed E-state index contributed by atoms with van der Waals surface area (Å²) in [5.74, 6) is -3.84. The van der Waals surface area contributed by atoms with E-state index in [-0.39, 0.29) is 5.92 Å². The molecule has 148 valence electrons. The third-order valence-corrected chi connectivity index (χ3v) is 4.58. The topological polar surface area (TPSA) is 98.7 Å². The monoisotopic (exact) mass is 394 g/mol. The highest BCUT2D eigenvalue weighted by molar-refractivity contribution is 5.79. The van der Waals surface area contributed by atoms with Crippen LogP contribution in [-0.4, -0.2) is 41.4 Å².